The van der Waals surface area contributed by atoms with Gasteiger partial charge in [-0.1, -0.05) is 23.2 Å². The van der Waals surface area contributed by atoms with E-state index >= 15 is 0 Å². The number of rotatable bonds is 2. The summed E-state index contributed by atoms with van der Waals surface area (Å²) in [5, 5.41) is 0.772. The largest absolute Gasteiger partial charge is 0.352 e. The molecule has 1 rings (SSSR count). The van der Waals surface area contributed by atoms with Crippen molar-refractivity contribution in [3.05, 3.63) is 28.2 Å². The van der Waals surface area contributed by atoms with Crippen LogP contribution in [-0.4, -0.2) is 5.97 Å². The number of benzene rings is 1. The van der Waals surface area contributed by atoms with Crippen LogP contribution in [0.3, 0.4) is 0 Å². The normalized spacial score (nSPS) is 9.46. The Bertz CT molecular complexity index is 325. The molecule has 13 heavy (non-hydrogen) atoms. The second-order valence-electron chi connectivity index (χ2n) is 2.23. The Morgan fingerprint density at radius 2 is 2.08 bits per heavy atom. The van der Waals surface area contributed by atoms with E-state index in [9.17, 15) is 4.79 Å². The van der Waals surface area contributed by atoms with Crippen molar-refractivity contribution >= 4 is 29.2 Å². The lowest BCUT2D eigenvalue weighted by atomic mass is 10.3. The molecule has 0 fully saturated rings. The van der Waals surface area contributed by atoms with E-state index in [2.05, 4.69) is 9.78 Å². The summed E-state index contributed by atoms with van der Waals surface area (Å²) < 4.78 is 0. The van der Waals surface area contributed by atoms with Gasteiger partial charge >= 0.3 is 5.97 Å². The number of halogens is 2. The van der Waals surface area contributed by atoms with Crippen molar-refractivity contribution in [2.24, 2.45) is 0 Å². The number of hydrogen-bond donors (Lipinski definition) is 0. The quantitative estimate of drug-likeness (QED) is 0.568. The maximum Gasteiger partial charge on any atom is 0.352 e. The van der Waals surface area contributed by atoms with Crippen molar-refractivity contribution in [1.82, 2.24) is 0 Å². The maximum absolute atomic E-state index is 10.4. The van der Waals surface area contributed by atoms with Crippen molar-refractivity contribution in [2.45, 2.75) is 6.92 Å². The summed E-state index contributed by atoms with van der Waals surface area (Å²) in [7, 11) is 0. The first kappa shape index (κ1) is 10.2. The molecule has 3 nitrogen and oxygen atoms in total. The monoisotopic (exact) mass is 220 g/mol. The standard InChI is InChI=1S/C8H6Cl2O3/c1-5(11)12-13-8-3-2-6(9)4-7(8)10/h2-4H,1H3. The van der Waals surface area contributed by atoms with Gasteiger partial charge in [0.15, 0.2) is 5.75 Å². The van der Waals surface area contributed by atoms with Crippen LogP contribution in [0.1, 0.15) is 6.92 Å². The van der Waals surface area contributed by atoms with Crippen molar-refractivity contribution in [1.29, 1.82) is 0 Å². The molecule has 0 unspecified atom stereocenters. The molecule has 0 aliphatic rings. The summed E-state index contributed by atoms with van der Waals surface area (Å²) >= 11 is 11.3. The fraction of sp³-hybridized carbons (Fsp3) is 0.125. The molecule has 1 aromatic rings. The first-order chi connectivity index (χ1) is 6.09. The number of carbonyl (C=O) groups is 1. The topological polar surface area (TPSA) is 35.5 Å². The molecule has 0 spiro atoms. The summed E-state index contributed by atoms with van der Waals surface area (Å²) in [6, 6.07) is 4.57. The van der Waals surface area contributed by atoms with Crippen LogP contribution in [0, 0.1) is 0 Å². The molecule has 0 saturated carbocycles. The van der Waals surface area contributed by atoms with Crippen LogP contribution in [0.15, 0.2) is 18.2 Å². The van der Waals surface area contributed by atoms with Crippen molar-refractivity contribution in [2.75, 3.05) is 0 Å². The van der Waals surface area contributed by atoms with Gasteiger partial charge in [0.05, 0.1) is 5.02 Å². The average Bonchev–Trinajstić information content (AvgIpc) is 2.02. The highest BCUT2D eigenvalue weighted by Crippen LogP contribution is 2.27. The van der Waals surface area contributed by atoms with E-state index in [-0.39, 0.29) is 10.8 Å². The molecule has 0 radical (unpaired) electrons. The molecule has 5 heteroatoms. The lowest BCUT2D eigenvalue weighted by Gasteiger charge is -2.03. The summed E-state index contributed by atoms with van der Waals surface area (Å²) in [5.41, 5.74) is 0. The molecule has 70 valence electrons. The van der Waals surface area contributed by atoms with Crippen molar-refractivity contribution < 1.29 is 14.6 Å². The van der Waals surface area contributed by atoms with Gasteiger partial charge in [-0.3, -0.25) is 9.78 Å². The Balaban J connectivity index is 2.72. The lowest BCUT2D eigenvalue weighted by Crippen LogP contribution is -2.02. The Morgan fingerprint density at radius 3 is 2.62 bits per heavy atom. The van der Waals surface area contributed by atoms with Crippen LogP contribution >= 0.6 is 23.2 Å². The van der Waals surface area contributed by atoms with Gasteiger partial charge in [-0.25, -0.2) is 4.79 Å². The van der Waals surface area contributed by atoms with E-state index in [0.717, 1.165) is 0 Å². The minimum Gasteiger partial charge on any atom is -0.285 e. The van der Waals surface area contributed by atoms with Gasteiger partial charge in [0.25, 0.3) is 0 Å². The molecule has 0 aromatic heterocycles. The van der Waals surface area contributed by atoms with Crippen LogP contribution in [0.25, 0.3) is 0 Å². The summed E-state index contributed by atoms with van der Waals surface area (Å²) in [6.07, 6.45) is 0. The number of carbonyl (C=O) groups excluding carboxylic acids is 1. The highest BCUT2D eigenvalue weighted by molar-refractivity contribution is 6.35. The molecule has 0 heterocycles. The summed E-state index contributed by atoms with van der Waals surface area (Å²) in [5.74, 6) is -0.299. The second-order valence-corrected chi connectivity index (χ2v) is 3.08. The van der Waals surface area contributed by atoms with E-state index in [1.54, 1.807) is 6.07 Å². The first-order valence-corrected chi connectivity index (χ1v) is 4.15. The van der Waals surface area contributed by atoms with Crippen LogP contribution in [0.2, 0.25) is 10.0 Å². The fourth-order valence-corrected chi connectivity index (χ4v) is 1.09. The van der Waals surface area contributed by atoms with Gasteiger partial charge in [0.2, 0.25) is 0 Å². The zero-order valence-corrected chi connectivity index (χ0v) is 8.22. The molecular formula is C8H6Cl2O3. The highest BCUT2D eigenvalue weighted by Gasteiger charge is 2.04. The van der Waals surface area contributed by atoms with Crippen LogP contribution in [0.5, 0.6) is 5.75 Å². The lowest BCUT2D eigenvalue weighted by molar-refractivity contribution is -0.210. The second kappa shape index (κ2) is 4.35. The molecule has 0 atom stereocenters. The first-order valence-electron chi connectivity index (χ1n) is 3.40. The molecule has 1 aromatic carbocycles. The minimum absolute atomic E-state index is 0.251. The smallest absolute Gasteiger partial charge is 0.285 e. The Hall–Kier alpha value is -0.930. The number of hydrogen-bond acceptors (Lipinski definition) is 3. The van der Waals surface area contributed by atoms with E-state index < -0.39 is 5.97 Å². The van der Waals surface area contributed by atoms with Gasteiger partial charge < -0.3 is 0 Å². The third-order valence-electron chi connectivity index (χ3n) is 1.14. The van der Waals surface area contributed by atoms with Gasteiger partial charge in [-0.05, 0) is 18.2 Å². The van der Waals surface area contributed by atoms with Gasteiger partial charge in [0.1, 0.15) is 0 Å². The Labute approximate surface area is 85.1 Å². The molecular weight excluding hydrogens is 215 g/mol. The van der Waals surface area contributed by atoms with Gasteiger partial charge in [0, 0.05) is 11.9 Å². The van der Waals surface area contributed by atoms with Gasteiger partial charge in [-0.15, -0.1) is 0 Å². The molecule has 0 saturated heterocycles. The molecule has 0 N–H and O–H groups in total. The predicted octanol–water partition coefficient (Wildman–Crippen LogP) is 2.85. The molecule has 0 aliphatic heterocycles. The van der Waals surface area contributed by atoms with Crippen molar-refractivity contribution in [3.63, 3.8) is 0 Å². The molecule has 0 aliphatic carbocycles. The van der Waals surface area contributed by atoms with Crippen LogP contribution in [-0.2, 0) is 9.68 Å². The SMILES string of the molecule is CC(=O)OOc1ccc(Cl)cc1Cl. The Morgan fingerprint density at radius 1 is 1.38 bits per heavy atom. The zero-order chi connectivity index (χ0) is 9.84. The zero-order valence-electron chi connectivity index (χ0n) is 6.71. The highest BCUT2D eigenvalue weighted by atomic mass is 35.5. The summed E-state index contributed by atoms with van der Waals surface area (Å²) in [6.45, 7) is 1.23. The van der Waals surface area contributed by atoms with Crippen molar-refractivity contribution in [3.8, 4) is 5.75 Å². The van der Waals surface area contributed by atoms with E-state index in [0.29, 0.717) is 5.02 Å². The van der Waals surface area contributed by atoms with Gasteiger partial charge in [-0.2, -0.15) is 0 Å². The van der Waals surface area contributed by atoms with E-state index in [1.807, 2.05) is 0 Å². The third-order valence-corrected chi connectivity index (χ3v) is 1.67. The minimum atomic E-state index is -0.550. The fourth-order valence-electron chi connectivity index (χ4n) is 0.646. The maximum atomic E-state index is 10.4. The predicted molar refractivity (Wildman–Crippen MR) is 48.9 cm³/mol. The average molecular weight is 221 g/mol. The van der Waals surface area contributed by atoms with Crippen LogP contribution in [0.4, 0.5) is 0 Å². The third kappa shape index (κ3) is 3.13. The summed E-state index contributed by atoms with van der Waals surface area (Å²) in [4.78, 5) is 19.3. The van der Waals surface area contributed by atoms with E-state index in [4.69, 9.17) is 23.2 Å². The van der Waals surface area contributed by atoms with E-state index in [1.165, 1.54) is 19.1 Å². The molecule has 0 amide bonds. The molecule has 0 bridgehead atoms. The Kier molecular flexibility index (Phi) is 3.39. The van der Waals surface area contributed by atoms with Crippen LogP contribution < -0.4 is 4.89 Å².